The van der Waals surface area contributed by atoms with Gasteiger partial charge in [0.25, 0.3) is 0 Å². The minimum absolute atomic E-state index is 0.527. The number of hydrogen-bond acceptors (Lipinski definition) is 4. The molecule has 0 bridgehead atoms. The van der Waals surface area contributed by atoms with E-state index in [4.69, 9.17) is 9.47 Å². The lowest BCUT2D eigenvalue weighted by Crippen LogP contribution is -2.19. The highest BCUT2D eigenvalue weighted by molar-refractivity contribution is 7.22. The summed E-state index contributed by atoms with van der Waals surface area (Å²) in [4.78, 5) is 3.36. The van der Waals surface area contributed by atoms with Crippen LogP contribution in [0.1, 0.15) is 0 Å². The summed E-state index contributed by atoms with van der Waals surface area (Å²) in [6.45, 7) is 5.82. The molecule has 1 heterocycles. The van der Waals surface area contributed by atoms with E-state index in [1.54, 1.807) is 17.4 Å². The molecule has 3 nitrogen and oxygen atoms in total. The van der Waals surface area contributed by atoms with Gasteiger partial charge < -0.3 is 14.4 Å². The van der Waals surface area contributed by atoms with Crippen molar-refractivity contribution in [1.82, 2.24) is 4.90 Å². The van der Waals surface area contributed by atoms with Crippen LogP contribution in [0.4, 0.5) is 0 Å². The van der Waals surface area contributed by atoms with Gasteiger partial charge in [-0.05, 0) is 73.6 Å². The average Bonchev–Trinajstić information content (AvgIpc) is 3.03. The van der Waals surface area contributed by atoms with Gasteiger partial charge in [-0.3, -0.25) is 0 Å². The van der Waals surface area contributed by atoms with E-state index in [9.17, 15) is 0 Å². The highest BCUT2D eigenvalue weighted by Crippen LogP contribution is 2.35. The fraction of sp³-hybridized carbons (Fsp3) is 0.238. The second-order valence-corrected chi connectivity index (χ2v) is 7.17. The third kappa shape index (κ3) is 4.62. The van der Waals surface area contributed by atoms with Gasteiger partial charge in [-0.15, -0.1) is 11.3 Å². The molecule has 130 valence electrons. The van der Waals surface area contributed by atoms with Crippen LogP contribution in [0.25, 0.3) is 20.5 Å². The molecule has 0 N–H and O–H groups in total. The van der Waals surface area contributed by atoms with Crippen molar-refractivity contribution in [1.29, 1.82) is 0 Å². The van der Waals surface area contributed by atoms with Gasteiger partial charge in [0, 0.05) is 16.1 Å². The molecule has 0 unspecified atom stereocenters. The van der Waals surface area contributed by atoms with Gasteiger partial charge in [0.1, 0.15) is 24.7 Å². The molecule has 0 saturated carbocycles. The maximum Gasteiger partial charge on any atom is 0.121 e. The molecule has 0 saturated heterocycles. The predicted octanol–water partition coefficient (Wildman–Crippen LogP) is 5.07. The maximum atomic E-state index is 5.76. The van der Waals surface area contributed by atoms with Crippen LogP contribution < -0.4 is 9.47 Å². The van der Waals surface area contributed by atoms with Gasteiger partial charge in [0.2, 0.25) is 0 Å². The van der Waals surface area contributed by atoms with Crippen LogP contribution in [0, 0.1) is 0 Å². The van der Waals surface area contributed by atoms with Crippen molar-refractivity contribution in [3.05, 3.63) is 61.2 Å². The third-order valence-corrected chi connectivity index (χ3v) is 4.95. The molecule has 0 radical (unpaired) electrons. The lowest BCUT2D eigenvalue weighted by Gasteiger charge is -2.11. The van der Waals surface area contributed by atoms with Crippen molar-refractivity contribution in [2.24, 2.45) is 0 Å². The Morgan fingerprint density at radius 1 is 1.00 bits per heavy atom. The van der Waals surface area contributed by atoms with Crippen LogP contribution in [-0.4, -0.2) is 38.8 Å². The van der Waals surface area contributed by atoms with Crippen molar-refractivity contribution in [3.8, 4) is 21.9 Å². The molecule has 4 heteroatoms. The normalized spacial score (nSPS) is 11.0. The van der Waals surface area contributed by atoms with Gasteiger partial charge in [-0.2, -0.15) is 0 Å². The lowest BCUT2D eigenvalue weighted by atomic mass is 10.1. The van der Waals surface area contributed by atoms with E-state index in [2.05, 4.69) is 41.8 Å². The van der Waals surface area contributed by atoms with Gasteiger partial charge in [-0.1, -0.05) is 12.7 Å². The van der Waals surface area contributed by atoms with Gasteiger partial charge in [0.15, 0.2) is 0 Å². The topological polar surface area (TPSA) is 21.7 Å². The molecular weight excluding hydrogens is 330 g/mol. The summed E-state index contributed by atoms with van der Waals surface area (Å²) in [5, 5.41) is 1.23. The Bertz CT molecular complexity index is 837. The van der Waals surface area contributed by atoms with Gasteiger partial charge in [-0.25, -0.2) is 0 Å². The van der Waals surface area contributed by atoms with E-state index in [-0.39, 0.29) is 0 Å². The molecule has 0 atom stereocenters. The lowest BCUT2D eigenvalue weighted by molar-refractivity contribution is 0.261. The van der Waals surface area contributed by atoms with Crippen LogP contribution >= 0.6 is 11.3 Å². The second-order valence-electron chi connectivity index (χ2n) is 6.09. The van der Waals surface area contributed by atoms with E-state index >= 15 is 0 Å². The van der Waals surface area contributed by atoms with E-state index in [1.165, 1.54) is 20.5 Å². The van der Waals surface area contributed by atoms with E-state index in [1.807, 2.05) is 32.3 Å². The Morgan fingerprint density at radius 3 is 2.48 bits per heavy atom. The van der Waals surface area contributed by atoms with Crippen molar-refractivity contribution < 1.29 is 9.47 Å². The molecular formula is C21H23NO2S. The first-order valence-electron chi connectivity index (χ1n) is 8.31. The monoisotopic (exact) mass is 353 g/mol. The molecule has 25 heavy (non-hydrogen) atoms. The SMILES string of the molecule is C=CCOc1ccc2cc(-c3ccc(OCCN(C)C)cc3)sc2c1. The van der Waals surface area contributed by atoms with Crippen molar-refractivity contribution in [2.75, 3.05) is 33.9 Å². The predicted molar refractivity (Wildman–Crippen MR) is 107 cm³/mol. The number of nitrogens with zero attached hydrogens (tertiary/aromatic N) is 1. The highest BCUT2D eigenvalue weighted by atomic mass is 32.1. The Balaban J connectivity index is 1.73. The van der Waals surface area contributed by atoms with Crippen LogP contribution in [-0.2, 0) is 0 Å². The number of thiophene rings is 1. The third-order valence-electron chi connectivity index (χ3n) is 3.81. The van der Waals surface area contributed by atoms with E-state index in [0.717, 1.165) is 18.0 Å². The van der Waals surface area contributed by atoms with Crippen molar-refractivity contribution in [3.63, 3.8) is 0 Å². The molecule has 3 rings (SSSR count). The number of benzene rings is 2. The molecule has 0 aliphatic heterocycles. The van der Waals surface area contributed by atoms with Gasteiger partial charge >= 0.3 is 0 Å². The first kappa shape index (κ1) is 17.5. The zero-order valence-electron chi connectivity index (χ0n) is 14.7. The highest BCUT2D eigenvalue weighted by Gasteiger charge is 2.06. The van der Waals surface area contributed by atoms with E-state index in [0.29, 0.717) is 13.2 Å². The van der Waals surface area contributed by atoms with Crippen molar-refractivity contribution >= 4 is 21.4 Å². The van der Waals surface area contributed by atoms with Crippen LogP contribution in [0.5, 0.6) is 11.5 Å². The zero-order chi connectivity index (χ0) is 17.6. The Labute approximate surface area is 153 Å². The number of likely N-dealkylation sites (N-methyl/N-ethyl adjacent to an activating group) is 1. The Morgan fingerprint density at radius 2 is 1.76 bits per heavy atom. The summed E-state index contributed by atoms with van der Waals surface area (Å²) >= 11 is 1.77. The summed E-state index contributed by atoms with van der Waals surface area (Å²) in [5.74, 6) is 1.79. The first-order chi connectivity index (χ1) is 12.2. The minimum Gasteiger partial charge on any atom is -0.492 e. The summed E-state index contributed by atoms with van der Waals surface area (Å²) in [7, 11) is 4.09. The quantitative estimate of drug-likeness (QED) is 0.528. The van der Waals surface area contributed by atoms with Crippen LogP contribution in [0.3, 0.4) is 0 Å². The largest absolute Gasteiger partial charge is 0.492 e. The smallest absolute Gasteiger partial charge is 0.121 e. The first-order valence-corrected chi connectivity index (χ1v) is 9.12. The summed E-state index contributed by atoms with van der Waals surface area (Å²) in [6, 6.07) is 16.7. The fourth-order valence-corrected chi connectivity index (χ4v) is 3.56. The number of ether oxygens (including phenoxy) is 2. The maximum absolute atomic E-state index is 5.76. The van der Waals surface area contributed by atoms with Crippen LogP contribution in [0.15, 0.2) is 61.2 Å². The second kappa shape index (κ2) is 8.19. The minimum atomic E-state index is 0.527. The Hall–Kier alpha value is -2.30. The zero-order valence-corrected chi connectivity index (χ0v) is 15.5. The number of rotatable bonds is 8. The Kier molecular flexibility index (Phi) is 5.74. The molecule has 2 aromatic carbocycles. The summed E-state index contributed by atoms with van der Waals surface area (Å²) in [6.07, 6.45) is 1.76. The molecule has 0 amide bonds. The van der Waals surface area contributed by atoms with E-state index < -0.39 is 0 Å². The standard InChI is InChI=1S/C21H23NO2S/c1-4-12-23-19-10-7-17-14-20(25-21(17)15-19)16-5-8-18(9-6-16)24-13-11-22(2)3/h4-10,14-15H,1,11-13H2,2-3H3. The number of fused-ring (bicyclic) bond motifs is 1. The summed E-state index contributed by atoms with van der Waals surface area (Å²) < 4.78 is 12.6. The van der Waals surface area contributed by atoms with Crippen LogP contribution in [0.2, 0.25) is 0 Å². The molecule has 1 aromatic heterocycles. The van der Waals surface area contributed by atoms with Gasteiger partial charge in [0.05, 0.1) is 0 Å². The number of hydrogen-bond donors (Lipinski definition) is 0. The average molecular weight is 353 g/mol. The molecule has 3 aromatic rings. The molecule has 0 aliphatic carbocycles. The molecule has 0 aliphatic rings. The summed E-state index contributed by atoms with van der Waals surface area (Å²) in [5.41, 5.74) is 1.20. The molecule has 0 spiro atoms. The van der Waals surface area contributed by atoms with Crippen molar-refractivity contribution in [2.45, 2.75) is 0 Å². The fourth-order valence-electron chi connectivity index (χ4n) is 2.46. The molecule has 0 fully saturated rings.